The topological polar surface area (TPSA) is 63.2 Å². The van der Waals surface area contributed by atoms with Gasteiger partial charge in [0.1, 0.15) is 0 Å². The molecule has 1 aromatic carbocycles. The zero-order valence-electron chi connectivity index (χ0n) is 11.9. The van der Waals surface area contributed by atoms with Crippen LogP contribution >= 0.6 is 0 Å². The molecular formula is C15H21NO3S. The Morgan fingerprint density at radius 1 is 1.10 bits per heavy atom. The Morgan fingerprint density at radius 3 is 2.15 bits per heavy atom. The lowest BCUT2D eigenvalue weighted by Crippen LogP contribution is -2.37. The molecule has 0 amide bonds. The minimum Gasteiger partial charge on any atom is -0.295 e. The monoisotopic (exact) mass is 295 g/mol. The Balaban J connectivity index is 2.08. The van der Waals surface area contributed by atoms with E-state index in [0.717, 1.165) is 25.7 Å². The van der Waals surface area contributed by atoms with E-state index >= 15 is 0 Å². The fraction of sp³-hybridized carbons (Fsp3) is 0.533. The molecule has 0 radical (unpaired) electrons. The third-order valence-corrected chi connectivity index (χ3v) is 5.45. The molecule has 1 fully saturated rings. The number of carbonyl (C=O) groups excluding carboxylic acids is 1. The van der Waals surface area contributed by atoms with Gasteiger partial charge in [-0.25, -0.2) is 13.1 Å². The summed E-state index contributed by atoms with van der Waals surface area (Å²) in [7, 11) is -3.48. The lowest BCUT2D eigenvalue weighted by molar-refractivity contribution is 0.101. The number of benzene rings is 1. The van der Waals surface area contributed by atoms with Gasteiger partial charge >= 0.3 is 0 Å². The molecule has 0 atom stereocenters. The standard InChI is InChI=1S/C15H21NO3S/c1-11-3-7-14(8-4-11)16-20(18,19)15-9-5-13(6-10-15)12(2)17/h5-6,9-11,14,16H,3-4,7-8H2,1-2H3. The Labute approximate surface area is 120 Å². The molecule has 0 unspecified atom stereocenters. The van der Waals surface area contributed by atoms with E-state index in [0.29, 0.717) is 11.5 Å². The van der Waals surface area contributed by atoms with Crippen molar-refractivity contribution in [1.82, 2.24) is 4.72 Å². The van der Waals surface area contributed by atoms with Gasteiger partial charge in [0.2, 0.25) is 10.0 Å². The van der Waals surface area contributed by atoms with Crippen LogP contribution in [0.3, 0.4) is 0 Å². The van der Waals surface area contributed by atoms with Crippen molar-refractivity contribution in [2.24, 2.45) is 5.92 Å². The predicted molar refractivity (Wildman–Crippen MR) is 78.2 cm³/mol. The van der Waals surface area contributed by atoms with E-state index in [2.05, 4.69) is 11.6 Å². The molecule has 0 spiro atoms. The molecule has 5 heteroatoms. The zero-order chi connectivity index (χ0) is 14.8. The van der Waals surface area contributed by atoms with E-state index in [1.807, 2.05) is 0 Å². The van der Waals surface area contributed by atoms with Crippen LogP contribution in [0, 0.1) is 5.92 Å². The molecule has 20 heavy (non-hydrogen) atoms. The maximum Gasteiger partial charge on any atom is 0.240 e. The second-order valence-corrected chi connectivity index (χ2v) is 7.37. The summed E-state index contributed by atoms with van der Waals surface area (Å²) in [6.45, 7) is 3.66. The van der Waals surface area contributed by atoms with Crippen molar-refractivity contribution < 1.29 is 13.2 Å². The van der Waals surface area contributed by atoms with E-state index < -0.39 is 10.0 Å². The van der Waals surface area contributed by atoms with Gasteiger partial charge in [0.15, 0.2) is 5.78 Å². The quantitative estimate of drug-likeness (QED) is 0.869. The first-order chi connectivity index (χ1) is 9.38. The number of ketones is 1. The van der Waals surface area contributed by atoms with E-state index in [4.69, 9.17) is 0 Å². The largest absolute Gasteiger partial charge is 0.295 e. The highest BCUT2D eigenvalue weighted by Crippen LogP contribution is 2.24. The van der Waals surface area contributed by atoms with Crippen LogP contribution in [0.25, 0.3) is 0 Å². The van der Waals surface area contributed by atoms with Crippen molar-refractivity contribution in [3.63, 3.8) is 0 Å². The minimum atomic E-state index is -3.48. The third-order valence-electron chi connectivity index (χ3n) is 3.91. The second kappa shape index (κ2) is 6.06. The van der Waals surface area contributed by atoms with Crippen LogP contribution in [0.4, 0.5) is 0 Å². The van der Waals surface area contributed by atoms with E-state index in [9.17, 15) is 13.2 Å². The molecule has 1 aromatic rings. The number of rotatable bonds is 4. The molecular weight excluding hydrogens is 274 g/mol. The molecule has 4 nitrogen and oxygen atoms in total. The Hall–Kier alpha value is -1.20. The lowest BCUT2D eigenvalue weighted by atomic mass is 9.88. The molecule has 0 saturated heterocycles. The number of nitrogens with one attached hydrogen (secondary N) is 1. The first-order valence-electron chi connectivity index (χ1n) is 7.02. The van der Waals surface area contributed by atoms with Gasteiger partial charge < -0.3 is 0 Å². The summed E-state index contributed by atoms with van der Waals surface area (Å²) in [6.07, 6.45) is 3.92. The lowest BCUT2D eigenvalue weighted by Gasteiger charge is -2.26. The predicted octanol–water partition coefficient (Wildman–Crippen LogP) is 2.75. The van der Waals surface area contributed by atoms with Crippen molar-refractivity contribution in [1.29, 1.82) is 0 Å². The first-order valence-corrected chi connectivity index (χ1v) is 8.50. The van der Waals surface area contributed by atoms with Gasteiger partial charge in [0.25, 0.3) is 0 Å². The van der Waals surface area contributed by atoms with Gasteiger partial charge in [-0.2, -0.15) is 0 Å². The number of Topliss-reactive ketones (excluding diaryl/α,β-unsaturated/α-hetero) is 1. The number of carbonyl (C=O) groups is 1. The van der Waals surface area contributed by atoms with Gasteiger partial charge in [-0.15, -0.1) is 0 Å². The van der Waals surface area contributed by atoms with Gasteiger partial charge in [-0.3, -0.25) is 4.79 Å². The highest BCUT2D eigenvalue weighted by molar-refractivity contribution is 7.89. The Kier molecular flexibility index (Phi) is 4.60. The van der Waals surface area contributed by atoms with Crippen LogP contribution in [0.2, 0.25) is 0 Å². The summed E-state index contributed by atoms with van der Waals surface area (Å²) >= 11 is 0. The molecule has 1 aliphatic rings. The highest BCUT2D eigenvalue weighted by atomic mass is 32.2. The van der Waals surface area contributed by atoms with E-state index in [1.165, 1.54) is 19.1 Å². The van der Waals surface area contributed by atoms with E-state index in [-0.39, 0.29) is 16.7 Å². The van der Waals surface area contributed by atoms with Crippen molar-refractivity contribution in [2.75, 3.05) is 0 Å². The maximum atomic E-state index is 12.3. The smallest absolute Gasteiger partial charge is 0.240 e. The van der Waals surface area contributed by atoms with Crippen LogP contribution in [-0.4, -0.2) is 20.2 Å². The van der Waals surface area contributed by atoms with Crippen molar-refractivity contribution in [3.8, 4) is 0 Å². The molecule has 2 rings (SSSR count). The minimum absolute atomic E-state index is 0.0312. The van der Waals surface area contributed by atoms with Gasteiger partial charge in [-0.05, 0) is 50.7 Å². The third kappa shape index (κ3) is 3.67. The van der Waals surface area contributed by atoms with Crippen LogP contribution in [0.5, 0.6) is 0 Å². The molecule has 1 saturated carbocycles. The van der Waals surface area contributed by atoms with E-state index in [1.54, 1.807) is 12.1 Å². The normalized spacial score (nSPS) is 23.5. The summed E-state index contributed by atoms with van der Waals surface area (Å²) in [4.78, 5) is 11.4. The van der Waals surface area contributed by atoms with Crippen molar-refractivity contribution >= 4 is 15.8 Å². The molecule has 1 N–H and O–H groups in total. The summed E-state index contributed by atoms with van der Waals surface area (Å²) in [5.41, 5.74) is 0.524. The maximum absolute atomic E-state index is 12.3. The fourth-order valence-corrected chi connectivity index (χ4v) is 3.84. The number of sulfonamides is 1. The summed E-state index contributed by atoms with van der Waals surface area (Å²) in [5.74, 6) is 0.619. The molecule has 0 aromatic heterocycles. The molecule has 1 aliphatic carbocycles. The van der Waals surface area contributed by atoms with Crippen molar-refractivity contribution in [3.05, 3.63) is 29.8 Å². The fourth-order valence-electron chi connectivity index (χ4n) is 2.53. The number of hydrogen-bond acceptors (Lipinski definition) is 3. The van der Waals surface area contributed by atoms with Crippen LogP contribution < -0.4 is 4.72 Å². The van der Waals surface area contributed by atoms with Crippen molar-refractivity contribution in [2.45, 2.75) is 50.5 Å². The first kappa shape index (κ1) is 15.2. The summed E-state index contributed by atoms with van der Waals surface area (Å²) < 4.78 is 27.3. The molecule has 0 bridgehead atoms. The highest BCUT2D eigenvalue weighted by Gasteiger charge is 2.24. The summed E-state index contributed by atoms with van der Waals surface area (Å²) in [5, 5.41) is 0. The zero-order valence-corrected chi connectivity index (χ0v) is 12.7. The molecule has 0 heterocycles. The number of hydrogen-bond donors (Lipinski definition) is 1. The SMILES string of the molecule is CC(=O)c1ccc(S(=O)(=O)NC2CCC(C)CC2)cc1. The average molecular weight is 295 g/mol. The Morgan fingerprint density at radius 2 is 1.65 bits per heavy atom. The molecule has 0 aliphatic heterocycles. The van der Waals surface area contributed by atoms with Gasteiger partial charge in [0, 0.05) is 11.6 Å². The average Bonchev–Trinajstić information content (AvgIpc) is 2.41. The second-order valence-electron chi connectivity index (χ2n) is 5.66. The van der Waals surface area contributed by atoms with Gasteiger partial charge in [-0.1, -0.05) is 19.1 Å². The summed E-state index contributed by atoms with van der Waals surface area (Å²) in [6, 6.07) is 6.12. The van der Waals surface area contributed by atoms with Crippen LogP contribution in [0.1, 0.15) is 49.9 Å². The van der Waals surface area contributed by atoms with Gasteiger partial charge in [0.05, 0.1) is 4.90 Å². The Bertz CT molecular complexity index is 570. The van der Waals surface area contributed by atoms with Crippen LogP contribution in [0.15, 0.2) is 29.2 Å². The van der Waals surface area contributed by atoms with Crippen LogP contribution in [-0.2, 0) is 10.0 Å². The molecule has 110 valence electrons.